The van der Waals surface area contributed by atoms with E-state index in [1.54, 1.807) is 18.2 Å². The van der Waals surface area contributed by atoms with Gasteiger partial charge in [0.05, 0.1) is 16.6 Å². The zero-order valence-electron chi connectivity index (χ0n) is 17.8. The van der Waals surface area contributed by atoms with Crippen molar-refractivity contribution < 1.29 is 9.59 Å². The van der Waals surface area contributed by atoms with Gasteiger partial charge in [-0.3, -0.25) is 5.32 Å². The van der Waals surface area contributed by atoms with E-state index in [9.17, 15) is 9.59 Å². The van der Waals surface area contributed by atoms with Crippen LogP contribution in [-0.4, -0.2) is 31.2 Å². The number of carbonyl (C=O) groups excluding carboxylic acids is 2. The highest BCUT2D eigenvalue weighted by atomic mass is 35.5. The summed E-state index contributed by atoms with van der Waals surface area (Å²) in [6.07, 6.45) is 10.6. The number of hydrogen-bond donors (Lipinski definition) is 3. The number of unbranched alkanes of at least 4 members (excludes halogenated alkanes) is 6. The maximum Gasteiger partial charge on any atom is 0.321 e. The minimum absolute atomic E-state index is 0.0592. The average Bonchev–Trinajstić information content (AvgIpc) is 2.71. The molecule has 0 atom stereocenters. The van der Waals surface area contributed by atoms with Crippen LogP contribution in [0.15, 0.2) is 28.2 Å². The van der Waals surface area contributed by atoms with Gasteiger partial charge in [-0.05, 0) is 25.0 Å². The Labute approximate surface area is 189 Å². The Morgan fingerprint density at radius 3 is 2.20 bits per heavy atom. The van der Waals surface area contributed by atoms with Crippen LogP contribution in [0.25, 0.3) is 0 Å². The van der Waals surface area contributed by atoms with Gasteiger partial charge in [-0.2, -0.15) is 0 Å². The van der Waals surface area contributed by atoms with E-state index in [0.717, 1.165) is 32.1 Å². The van der Waals surface area contributed by atoms with Gasteiger partial charge in [0.2, 0.25) is 12.0 Å². The molecule has 0 aromatic heterocycles. The minimum atomic E-state index is -0.393. The van der Waals surface area contributed by atoms with Gasteiger partial charge in [-0.1, -0.05) is 81.6 Å². The van der Waals surface area contributed by atoms with Crippen LogP contribution in [0, 0.1) is 0 Å². The summed E-state index contributed by atoms with van der Waals surface area (Å²) in [6.45, 7) is 5.55. The van der Waals surface area contributed by atoms with Crippen LogP contribution >= 0.6 is 23.2 Å². The number of isocyanates is 1. The number of urea groups is 1. The van der Waals surface area contributed by atoms with Crippen LogP contribution in [0.1, 0.15) is 65.2 Å². The molecule has 0 aliphatic heterocycles. The van der Waals surface area contributed by atoms with Crippen LogP contribution < -0.4 is 16.4 Å². The topological polar surface area (TPSA) is 109 Å². The Balaban J connectivity index is 0.000000787. The summed E-state index contributed by atoms with van der Waals surface area (Å²) >= 11 is 11.9. The van der Waals surface area contributed by atoms with Crippen LogP contribution in [0.3, 0.4) is 0 Å². The van der Waals surface area contributed by atoms with Gasteiger partial charge in [0.25, 0.3) is 0 Å². The molecule has 4 N–H and O–H groups in total. The third-order valence-electron chi connectivity index (χ3n) is 3.92. The number of hydrogen-bond acceptors (Lipinski definition) is 4. The van der Waals surface area contributed by atoms with E-state index >= 15 is 0 Å². The Kier molecular flexibility index (Phi) is 17.6. The molecule has 0 spiro atoms. The summed E-state index contributed by atoms with van der Waals surface area (Å²) in [7, 11) is 0. The molecule has 0 fully saturated rings. The Morgan fingerprint density at radius 1 is 1.03 bits per heavy atom. The van der Waals surface area contributed by atoms with Gasteiger partial charge >= 0.3 is 6.03 Å². The van der Waals surface area contributed by atoms with Crippen molar-refractivity contribution in [3.05, 3.63) is 28.2 Å². The molecule has 0 unspecified atom stereocenters. The summed E-state index contributed by atoms with van der Waals surface area (Å²) in [4.78, 5) is 28.6. The number of amides is 2. The van der Waals surface area contributed by atoms with E-state index < -0.39 is 6.03 Å². The third kappa shape index (κ3) is 14.9. The van der Waals surface area contributed by atoms with Crippen LogP contribution in [-0.2, 0) is 4.79 Å². The zero-order valence-corrected chi connectivity index (χ0v) is 19.4. The number of nitrogens with one attached hydrogen (secondary N) is 2. The van der Waals surface area contributed by atoms with Crippen molar-refractivity contribution in [3.63, 3.8) is 0 Å². The van der Waals surface area contributed by atoms with Crippen LogP contribution in [0.5, 0.6) is 0 Å². The molecule has 30 heavy (non-hydrogen) atoms. The van der Waals surface area contributed by atoms with E-state index in [-0.39, 0.29) is 5.96 Å². The first kappa shape index (κ1) is 27.9. The highest BCUT2D eigenvalue weighted by Crippen LogP contribution is 2.32. The standard InChI is InChI=1S/C14H20Cl2N4O.C7H13NO/c1-2-3-4-5-9-18-14(21)20-13(17)19-12-10(15)7-6-8-11(12)16;1-2-3-4-5-6-8-7-9/h6-8H,2-5,9H2,1H3,(H4,17,18,19,20,21);2-6H2,1H3. The average molecular weight is 458 g/mol. The van der Waals surface area contributed by atoms with Gasteiger partial charge in [0, 0.05) is 6.54 Å². The molecule has 7 nitrogen and oxygen atoms in total. The Bertz CT molecular complexity index is 672. The highest BCUT2D eigenvalue weighted by Gasteiger charge is 2.06. The van der Waals surface area contributed by atoms with E-state index in [1.165, 1.54) is 25.3 Å². The third-order valence-corrected chi connectivity index (χ3v) is 4.53. The summed E-state index contributed by atoms with van der Waals surface area (Å²) in [5, 5.41) is 5.88. The highest BCUT2D eigenvalue weighted by molar-refractivity contribution is 6.38. The molecule has 0 aliphatic rings. The van der Waals surface area contributed by atoms with Gasteiger partial charge in [0.1, 0.15) is 5.69 Å². The second-order valence-electron chi connectivity index (χ2n) is 6.54. The Morgan fingerprint density at radius 2 is 1.63 bits per heavy atom. The number of para-hydroxylation sites is 1. The van der Waals surface area contributed by atoms with Crippen LogP contribution in [0.4, 0.5) is 10.5 Å². The van der Waals surface area contributed by atoms with Gasteiger partial charge in [0.15, 0.2) is 0 Å². The largest absolute Gasteiger partial charge is 0.369 e. The first-order valence-corrected chi connectivity index (χ1v) is 11.1. The summed E-state index contributed by atoms with van der Waals surface area (Å²) in [5.74, 6) is -0.0592. The normalized spacial score (nSPS) is 10.5. The summed E-state index contributed by atoms with van der Waals surface area (Å²) < 4.78 is 0. The molecule has 1 aromatic carbocycles. The molecule has 0 heterocycles. The summed E-state index contributed by atoms with van der Waals surface area (Å²) in [6, 6.07) is 4.60. The van der Waals surface area contributed by atoms with E-state index in [0.29, 0.717) is 28.8 Å². The van der Waals surface area contributed by atoms with Crippen molar-refractivity contribution in [2.75, 3.05) is 13.1 Å². The molecule has 9 heteroatoms. The van der Waals surface area contributed by atoms with E-state index in [4.69, 9.17) is 28.9 Å². The molecular formula is C21H33Cl2N5O2. The number of nitrogens with zero attached hydrogens (tertiary/aromatic N) is 2. The van der Waals surface area contributed by atoms with Crippen molar-refractivity contribution in [2.45, 2.75) is 65.2 Å². The zero-order chi connectivity index (χ0) is 22.6. The molecule has 2 amide bonds. The Hall–Kier alpha value is -2.08. The van der Waals surface area contributed by atoms with E-state index in [2.05, 4.69) is 34.5 Å². The second kappa shape index (κ2) is 18.9. The van der Waals surface area contributed by atoms with Crippen LogP contribution in [0.2, 0.25) is 10.0 Å². The van der Waals surface area contributed by atoms with E-state index in [1.807, 2.05) is 0 Å². The fourth-order valence-corrected chi connectivity index (χ4v) is 2.80. The fourth-order valence-electron chi connectivity index (χ4n) is 2.32. The van der Waals surface area contributed by atoms with Gasteiger partial charge in [-0.25, -0.2) is 19.6 Å². The maximum absolute atomic E-state index is 11.6. The second-order valence-corrected chi connectivity index (χ2v) is 7.36. The number of aliphatic imine (C=N–C) groups is 2. The number of benzene rings is 1. The number of rotatable bonds is 11. The van der Waals surface area contributed by atoms with Crippen molar-refractivity contribution in [2.24, 2.45) is 15.7 Å². The number of carbonyl (C=O) groups is 1. The molecule has 0 bridgehead atoms. The van der Waals surface area contributed by atoms with Crippen molar-refractivity contribution in [1.29, 1.82) is 0 Å². The lowest BCUT2D eigenvalue weighted by Crippen LogP contribution is -2.43. The molecule has 0 aliphatic carbocycles. The molecule has 0 saturated carbocycles. The smallest absolute Gasteiger partial charge is 0.321 e. The predicted molar refractivity (Wildman–Crippen MR) is 126 cm³/mol. The van der Waals surface area contributed by atoms with Gasteiger partial charge < -0.3 is 11.1 Å². The maximum atomic E-state index is 11.6. The monoisotopic (exact) mass is 457 g/mol. The van der Waals surface area contributed by atoms with Crippen molar-refractivity contribution >= 4 is 47.0 Å². The minimum Gasteiger partial charge on any atom is -0.369 e. The molecular weight excluding hydrogens is 425 g/mol. The molecule has 0 saturated heterocycles. The molecule has 1 rings (SSSR count). The molecule has 1 aromatic rings. The quantitative estimate of drug-likeness (QED) is 0.171. The predicted octanol–water partition coefficient (Wildman–Crippen LogP) is 5.72. The lowest BCUT2D eigenvalue weighted by molar-refractivity contribution is 0.245. The van der Waals surface area contributed by atoms with Crippen molar-refractivity contribution in [1.82, 2.24) is 10.6 Å². The lowest BCUT2D eigenvalue weighted by Gasteiger charge is -2.07. The fraction of sp³-hybridized carbons (Fsp3) is 0.571. The van der Waals surface area contributed by atoms with Gasteiger partial charge in [-0.15, -0.1) is 0 Å². The lowest BCUT2D eigenvalue weighted by atomic mass is 10.2. The first-order chi connectivity index (χ1) is 14.5. The SMILES string of the molecule is CCCCCCN=C=O.CCCCCCNC(=O)NC(N)=Nc1c(Cl)cccc1Cl. The summed E-state index contributed by atoms with van der Waals surface area (Å²) in [5.41, 5.74) is 5.99. The number of nitrogens with two attached hydrogens (primary N) is 1. The van der Waals surface area contributed by atoms with Crippen molar-refractivity contribution in [3.8, 4) is 0 Å². The molecule has 0 radical (unpaired) electrons. The number of halogens is 2. The number of guanidine groups is 1. The molecule has 168 valence electrons. The first-order valence-electron chi connectivity index (χ1n) is 10.3.